The number of rotatable bonds is 5. The van der Waals surface area contributed by atoms with E-state index in [4.69, 9.17) is 0 Å². The van der Waals surface area contributed by atoms with E-state index < -0.39 is 10.0 Å². The second-order valence-corrected chi connectivity index (χ2v) is 7.80. The predicted molar refractivity (Wildman–Crippen MR) is 96.6 cm³/mol. The second-order valence-electron chi connectivity index (χ2n) is 5.14. The molecule has 0 radical (unpaired) electrons. The van der Waals surface area contributed by atoms with Crippen LogP contribution in [0.3, 0.4) is 0 Å². The van der Waals surface area contributed by atoms with Crippen LogP contribution >= 0.6 is 11.8 Å². The molecule has 3 aromatic rings. The zero-order valence-electron chi connectivity index (χ0n) is 12.8. The molecule has 1 aromatic heterocycles. The van der Waals surface area contributed by atoms with Crippen LogP contribution in [0, 0.1) is 0 Å². The lowest BCUT2D eigenvalue weighted by atomic mass is 10.2. The van der Waals surface area contributed by atoms with Gasteiger partial charge in [0, 0.05) is 22.4 Å². The molecule has 2 aromatic carbocycles. The number of fused-ring (bicyclic) bond motifs is 1. The summed E-state index contributed by atoms with van der Waals surface area (Å²) in [5.74, 6) is 0. The Balaban J connectivity index is 2.30. The van der Waals surface area contributed by atoms with Crippen LogP contribution in [0.15, 0.2) is 77.0 Å². The number of hydrogen-bond donors (Lipinski definition) is 0. The molecule has 0 fully saturated rings. The number of nitrogens with zero attached hydrogens (tertiary/aromatic N) is 1. The molecular weight excluding hydrogens is 326 g/mol. The van der Waals surface area contributed by atoms with Crippen molar-refractivity contribution in [1.82, 2.24) is 3.97 Å². The van der Waals surface area contributed by atoms with Crippen molar-refractivity contribution >= 4 is 32.7 Å². The second kappa shape index (κ2) is 6.26. The maximum Gasteiger partial charge on any atom is 0.268 e. The smallest absolute Gasteiger partial charge is 0.238 e. The molecule has 5 heteroatoms. The van der Waals surface area contributed by atoms with Crippen molar-refractivity contribution in [2.45, 2.75) is 16.2 Å². The van der Waals surface area contributed by atoms with E-state index in [2.05, 4.69) is 6.58 Å². The highest BCUT2D eigenvalue weighted by atomic mass is 32.2. The van der Waals surface area contributed by atoms with E-state index in [0.717, 1.165) is 16.0 Å². The van der Waals surface area contributed by atoms with Gasteiger partial charge < -0.3 is 0 Å². The Morgan fingerprint density at radius 1 is 1.13 bits per heavy atom. The van der Waals surface area contributed by atoms with E-state index in [0.29, 0.717) is 11.9 Å². The Morgan fingerprint density at radius 2 is 1.87 bits per heavy atom. The highest BCUT2D eigenvalue weighted by molar-refractivity contribution is 7.98. The van der Waals surface area contributed by atoms with E-state index in [1.165, 1.54) is 3.97 Å². The van der Waals surface area contributed by atoms with Gasteiger partial charge >= 0.3 is 0 Å². The molecule has 23 heavy (non-hydrogen) atoms. The number of thioether (sulfide) groups is 1. The topological polar surface area (TPSA) is 39.1 Å². The maximum absolute atomic E-state index is 13.1. The highest BCUT2D eigenvalue weighted by Gasteiger charge is 2.22. The van der Waals surface area contributed by atoms with Gasteiger partial charge in [0.2, 0.25) is 0 Å². The third-order valence-electron chi connectivity index (χ3n) is 3.67. The number of aromatic nitrogens is 1. The minimum atomic E-state index is -3.63. The summed E-state index contributed by atoms with van der Waals surface area (Å²) in [7, 11) is -3.63. The minimum absolute atomic E-state index is 0.289. The molecular formula is C18H17NO2S2. The first-order valence-corrected chi connectivity index (χ1v) is 9.84. The van der Waals surface area contributed by atoms with Crippen molar-refractivity contribution in [3.63, 3.8) is 0 Å². The van der Waals surface area contributed by atoms with Gasteiger partial charge in [0.1, 0.15) is 0 Å². The molecule has 0 atom stereocenters. The van der Waals surface area contributed by atoms with Gasteiger partial charge in [-0.25, -0.2) is 12.4 Å². The third kappa shape index (κ3) is 2.82. The van der Waals surface area contributed by atoms with Gasteiger partial charge in [-0.1, -0.05) is 24.3 Å². The van der Waals surface area contributed by atoms with Crippen molar-refractivity contribution in [3.05, 3.63) is 72.9 Å². The van der Waals surface area contributed by atoms with Gasteiger partial charge in [0.25, 0.3) is 10.0 Å². The first-order valence-electron chi connectivity index (χ1n) is 7.18. The summed E-state index contributed by atoms with van der Waals surface area (Å²) >= 11 is 1.64. The standard InChI is InChI=1S/C18H17NO2S2/c1-3-7-15-12-14-13-16(22-2)10-11-18(14)19(15)23(20,21)17-8-5-4-6-9-17/h3-6,8-13H,1,7H2,2H3. The molecule has 0 saturated heterocycles. The quantitative estimate of drug-likeness (QED) is 0.511. The van der Waals surface area contributed by atoms with E-state index in [9.17, 15) is 8.42 Å². The van der Waals surface area contributed by atoms with Crippen molar-refractivity contribution in [3.8, 4) is 0 Å². The third-order valence-corrected chi connectivity index (χ3v) is 6.18. The summed E-state index contributed by atoms with van der Waals surface area (Å²) in [5.41, 5.74) is 1.42. The Bertz CT molecular complexity index is 957. The predicted octanol–water partition coefficient (Wildman–Crippen LogP) is 4.33. The molecule has 0 amide bonds. The maximum atomic E-state index is 13.1. The number of hydrogen-bond acceptors (Lipinski definition) is 3. The molecule has 0 N–H and O–H groups in total. The van der Waals surface area contributed by atoms with Gasteiger partial charge in [-0.3, -0.25) is 0 Å². The van der Waals surface area contributed by atoms with Gasteiger partial charge in [-0.15, -0.1) is 18.3 Å². The van der Waals surface area contributed by atoms with Crippen molar-refractivity contribution in [2.75, 3.05) is 6.26 Å². The molecule has 3 rings (SSSR count). The summed E-state index contributed by atoms with van der Waals surface area (Å²) in [6.07, 6.45) is 4.22. The van der Waals surface area contributed by atoms with Crippen molar-refractivity contribution < 1.29 is 8.42 Å². The van der Waals surface area contributed by atoms with Crippen LogP contribution in [-0.2, 0) is 16.4 Å². The van der Waals surface area contributed by atoms with Crippen LogP contribution in [0.25, 0.3) is 10.9 Å². The van der Waals surface area contributed by atoms with Crippen LogP contribution in [0.1, 0.15) is 5.69 Å². The van der Waals surface area contributed by atoms with E-state index in [1.54, 1.807) is 42.1 Å². The molecule has 0 spiro atoms. The first kappa shape index (κ1) is 15.9. The fraction of sp³-hybridized carbons (Fsp3) is 0.111. The SMILES string of the molecule is C=CCc1cc2cc(SC)ccc2n1S(=O)(=O)c1ccccc1. The monoisotopic (exact) mass is 343 g/mol. The van der Waals surface area contributed by atoms with Gasteiger partial charge in [-0.05, 0) is 42.7 Å². The molecule has 0 bridgehead atoms. The largest absolute Gasteiger partial charge is 0.268 e. The summed E-state index contributed by atoms with van der Waals surface area (Å²) in [6, 6.07) is 16.3. The lowest BCUT2D eigenvalue weighted by molar-refractivity contribution is 0.587. The van der Waals surface area contributed by atoms with Crippen LogP contribution in [0.5, 0.6) is 0 Å². The lowest BCUT2D eigenvalue weighted by Crippen LogP contribution is -2.15. The highest BCUT2D eigenvalue weighted by Crippen LogP contribution is 2.29. The molecule has 1 heterocycles. The molecule has 118 valence electrons. The molecule has 0 aliphatic heterocycles. The number of allylic oxidation sites excluding steroid dienone is 1. The fourth-order valence-electron chi connectivity index (χ4n) is 2.62. The van der Waals surface area contributed by atoms with Gasteiger partial charge in [0.15, 0.2) is 0 Å². The molecule has 0 aliphatic rings. The van der Waals surface area contributed by atoms with Gasteiger partial charge in [0.05, 0.1) is 10.4 Å². The summed E-state index contributed by atoms with van der Waals surface area (Å²) < 4.78 is 27.6. The Morgan fingerprint density at radius 3 is 2.52 bits per heavy atom. The molecule has 3 nitrogen and oxygen atoms in total. The normalized spacial score (nSPS) is 11.7. The van der Waals surface area contributed by atoms with E-state index >= 15 is 0 Å². The van der Waals surface area contributed by atoms with Crippen LogP contribution in [0.2, 0.25) is 0 Å². The Kier molecular flexibility index (Phi) is 4.33. The summed E-state index contributed by atoms with van der Waals surface area (Å²) in [5, 5.41) is 0.924. The van der Waals surface area contributed by atoms with Crippen LogP contribution in [0.4, 0.5) is 0 Å². The van der Waals surface area contributed by atoms with Crippen LogP contribution < -0.4 is 0 Å². The Labute approximate surface area is 140 Å². The lowest BCUT2D eigenvalue weighted by Gasteiger charge is -2.11. The van der Waals surface area contributed by atoms with Crippen LogP contribution in [-0.4, -0.2) is 18.6 Å². The zero-order valence-corrected chi connectivity index (χ0v) is 14.4. The molecule has 0 aliphatic carbocycles. The van der Waals surface area contributed by atoms with E-state index in [-0.39, 0.29) is 4.90 Å². The molecule has 0 saturated carbocycles. The number of benzene rings is 2. The first-order chi connectivity index (χ1) is 11.1. The van der Waals surface area contributed by atoms with Gasteiger partial charge in [-0.2, -0.15) is 0 Å². The van der Waals surface area contributed by atoms with E-state index in [1.807, 2.05) is 36.6 Å². The Hall–Kier alpha value is -1.98. The molecule has 0 unspecified atom stereocenters. The average molecular weight is 343 g/mol. The van der Waals surface area contributed by atoms with Crippen molar-refractivity contribution in [2.24, 2.45) is 0 Å². The summed E-state index contributed by atoms with van der Waals surface area (Å²) in [4.78, 5) is 1.40. The fourth-order valence-corrected chi connectivity index (χ4v) is 4.65. The minimum Gasteiger partial charge on any atom is -0.238 e. The zero-order chi connectivity index (χ0) is 16.4. The average Bonchev–Trinajstić information content (AvgIpc) is 2.93. The van der Waals surface area contributed by atoms with Crippen molar-refractivity contribution in [1.29, 1.82) is 0 Å². The summed E-state index contributed by atoms with van der Waals surface area (Å²) in [6.45, 7) is 3.74.